The van der Waals surface area contributed by atoms with Gasteiger partial charge in [-0.05, 0) is 25.7 Å². The molecule has 1 rings (SSSR count). The molecule has 0 N–H and O–H groups in total. The zero-order valence-corrected chi connectivity index (χ0v) is 10.5. The Balaban J connectivity index is 2.67. The van der Waals surface area contributed by atoms with Crippen molar-refractivity contribution in [1.82, 2.24) is 0 Å². The van der Waals surface area contributed by atoms with Gasteiger partial charge in [-0.2, -0.15) is 21.0 Å². The highest BCUT2D eigenvalue weighted by molar-refractivity contribution is 5.84. The van der Waals surface area contributed by atoms with Crippen molar-refractivity contribution in [2.24, 2.45) is 23.7 Å². The van der Waals surface area contributed by atoms with Crippen molar-refractivity contribution in [2.45, 2.75) is 32.1 Å². The molecular formula is C14H14N4O. The van der Waals surface area contributed by atoms with Crippen molar-refractivity contribution >= 4 is 5.78 Å². The molecule has 2 unspecified atom stereocenters. The van der Waals surface area contributed by atoms with Crippen molar-refractivity contribution in [3.05, 3.63) is 0 Å². The summed E-state index contributed by atoms with van der Waals surface area (Å²) >= 11 is 0. The van der Waals surface area contributed by atoms with Crippen LogP contribution >= 0.6 is 0 Å². The topological polar surface area (TPSA) is 112 Å². The summed E-state index contributed by atoms with van der Waals surface area (Å²) in [7, 11) is 0. The van der Waals surface area contributed by atoms with E-state index in [0.717, 1.165) is 6.42 Å². The third-order valence-electron chi connectivity index (χ3n) is 3.57. The van der Waals surface area contributed by atoms with Crippen LogP contribution in [0.25, 0.3) is 0 Å². The van der Waals surface area contributed by atoms with Crippen LogP contribution < -0.4 is 0 Å². The Labute approximate surface area is 112 Å². The van der Waals surface area contributed by atoms with E-state index in [1.54, 1.807) is 0 Å². The molecule has 5 nitrogen and oxygen atoms in total. The average molecular weight is 254 g/mol. The third-order valence-corrected chi connectivity index (χ3v) is 3.57. The summed E-state index contributed by atoms with van der Waals surface area (Å²) in [6.45, 7) is 0. The molecule has 0 aromatic heterocycles. The fourth-order valence-corrected chi connectivity index (χ4v) is 2.53. The molecule has 0 bridgehead atoms. The fourth-order valence-electron chi connectivity index (χ4n) is 2.53. The number of hydrogen-bond donors (Lipinski definition) is 0. The predicted octanol–water partition coefficient (Wildman–Crippen LogP) is 2.08. The van der Waals surface area contributed by atoms with Gasteiger partial charge in [0.1, 0.15) is 17.6 Å². The highest BCUT2D eigenvalue weighted by atomic mass is 16.1. The van der Waals surface area contributed by atoms with Crippen LogP contribution in [0.1, 0.15) is 32.1 Å². The number of nitrogens with zero attached hydrogens (tertiary/aromatic N) is 4. The van der Waals surface area contributed by atoms with Gasteiger partial charge in [-0.25, -0.2) is 0 Å². The van der Waals surface area contributed by atoms with Gasteiger partial charge in [-0.3, -0.25) is 4.79 Å². The molecule has 2 atom stereocenters. The van der Waals surface area contributed by atoms with Crippen LogP contribution in [0.4, 0.5) is 0 Å². The number of ketones is 1. The number of carbonyl (C=O) groups is 1. The number of carbonyl (C=O) groups excluding carboxylic acids is 1. The molecule has 5 heteroatoms. The van der Waals surface area contributed by atoms with Gasteiger partial charge in [0.05, 0.1) is 24.3 Å². The van der Waals surface area contributed by atoms with Crippen LogP contribution in [-0.4, -0.2) is 5.78 Å². The molecule has 0 amide bonds. The first-order valence-corrected chi connectivity index (χ1v) is 6.28. The first-order valence-electron chi connectivity index (χ1n) is 6.28. The van der Waals surface area contributed by atoms with Crippen LogP contribution in [0.5, 0.6) is 0 Å². The Hall–Kier alpha value is -2.37. The molecule has 0 radical (unpaired) electrons. The Morgan fingerprint density at radius 2 is 1.26 bits per heavy atom. The Morgan fingerprint density at radius 3 is 1.58 bits per heavy atom. The maximum Gasteiger partial charge on any atom is 0.139 e. The molecule has 0 aliphatic heterocycles. The number of nitriles is 4. The van der Waals surface area contributed by atoms with Crippen LogP contribution in [0.15, 0.2) is 0 Å². The second-order valence-corrected chi connectivity index (χ2v) is 4.82. The number of rotatable bonds is 4. The maximum absolute atomic E-state index is 12.2. The second-order valence-electron chi connectivity index (χ2n) is 4.82. The minimum absolute atomic E-state index is 0.0113. The van der Waals surface area contributed by atoms with E-state index < -0.39 is 11.8 Å². The number of Topliss-reactive ketones (excluding diaryl/α,β-unsaturated/α-hetero) is 1. The van der Waals surface area contributed by atoms with Gasteiger partial charge in [-0.1, -0.05) is 6.42 Å². The highest BCUT2D eigenvalue weighted by Crippen LogP contribution is 2.33. The zero-order valence-electron chi connectivity index (χ0n) is 10.5. The third kappa shape index (κ3) is 3.80. The van der Waals surface area contributed by atoms with E-state index >= 15 is 0 Å². The van der Waals surface area contributed by atoms with E-state index in [0.29, 0.717) is 12.8 Å². The van der Waals surface area contributed by atoms with Gasteiger partial charge >= 0.3 is 0 Å². The minimum atomic E-state index is -0.754. The largest absolute Gasteiger partial charge is 0.299 e. The molecule has 1 aliphatic rings. The first kappa shape index (κ1) is 14.7. The van der Waals surface area contributed by atoms with Crippen LogP contribution in [0.3, 0.4) is 0 Å². The molecule has 0 heterocycles. The maximum atomic E-state index is 12.2. The molecule has 96 valence electrons. The van der Waals surface area contributed by atoms with Crippen LogP contribution in [-0.2, 0) is 4.79 Å². The Morgan fingerprint density at radius 1 is 0.895 bits per heavy atom. The molecule has 1 saturated carbocycles. The van der Waals surface area contributed by atoms with E-state index in [1.165, 1.54) is 0 Å². The van der Waals surface area contributed by atoms with Crippen molar-refractivity contribution in [1.29, 1.82) is 21.0 Å². The lowest BCUT2D eigenvalue weighted by Crippen LogP contribution is -2.30. The molecular weight excluding hydrogens is 240 g/mol. The molecule has 1 aliphatic carbocycles. The summed E-state index contributed by atoms with van der Waals surface area (Å²) in [5.41, 5.74) is 0. The van der Waals surface area contributed by atoms with E-state index in [2.05, 4.69) is 0 Å². The summed E-state index contributed by atoms with van der Waals surface area (Å²) in [6, 6.07) is 7.52. The SMILES string of the molecule is N#CC(C#N)CC1CCCC(CC(C#N)C#N)C1=O. The quantitative estimate of drug-likeness (QED) is 0.762. The van der Waals surface area contributed by atoms with Gasteiger partial charge in [0.15, 0.2) is 0 Å². The summed E-state index contributed by atoms with van der Waals surface area (Å²) in [4.78, 5) is 12.2. The lowest BCUT2D eigenvalue weighted by atomic mass is 9.74. The second kappa shape index (κ2) is 7.15. The van der Waals surface area contributed by atoms with Crippen molar-refractivity contribution in [3.8, 4) is 24.3 Å². The molecule has 0 aromatic carbocycles. The monoisotopic (exact) mass is 254 g/mol. The van der Waals surface area contributed by atoms with Crippen LogP contribution in [0, 0.1) is 69.0 Å². The van der Waals surface area contributed by atoms with Crippen LogP contribution in [0.2, 0.25) is 0 Å². The normalized spacial score (nSPS) is 22.3. The zero-order chi connectivity index (χ0) is 14.3. The summed E-state index contributed by atoms with van der Waals surface area (Å²) < 4.78 is 0. The Kier molecular flexibility index (Phi) is 5.53. The van der Waals surface area contributed by atoms with Crippen molar-refractivity contribution in [3.63, 3.8) is 0 Å². The fraction of sp³-hybridized carbons (Fsp3) is 0.643. The van der Waals surface area contributed by atoms with Gasteiger partial charge in [0.2, 0.25) is 0 Å². The molecule has 0 spiro atoms. The first-order chi connectivity index (χ1) is 9.15. The lowest BCUT2D eigenvalue weighted by Gasteiger charge is -2.28. The molecule has 0 saturated heterocycles. The number of hydrogen-bond acceptors (Lipinski definition) is 5. The summed E-state index contributed by atoms with van der Waals surface area (Å²) in [6.07, 6.45) is 2.77. The van der Waals surface area contributed by atoms with E-state index in [1.807, 2.05) is 24.3 Å². The summed E-state index contributed by atoms with van der Waals surface area (Å²) in [5.74, 6) is -2.05. The van der Waals surface area contributed by atoms with Gasteiger partial charge in [0.25, 0.3) is 0 Å². The summed E-state index contributed by atoms with van der Waals surface area (Å²) in [5, 5.41) is 35.0. The Bertz CT molecular complexity index is 427. The smallest absolute Gasteiger partial charge is 0.139 e. The van der Waals surface area contributed by atoms with Gasteiger partial charge < -0.3 is 0 Å². The van der Waals surface area contributed by atoms with Gasteiger partial charge in [-0.15, -0.1) is 0 Å². The minimum Gasteiger partial charge on any atom is -0.299 e. The van der Waals surface area contributed by atoms with E-state index in [9.17, 15) is 4.79 Å². The lowest BCUT2D eigenvalue weighted by molar-refractivity contribution is -0.129. The van der Waals surface area contributed by atoms with E-state index in [-0.39, 0.29) is 30.5 Å². The van der Waals surface area contributed by atoms with Crippen molar-refractivity contribution in [2.75, 3.05) is 0 Å². The van der Waals surface area contributed by atoms with E-state index in [4.69, 9.17) is 21.0 Å². The average Bonchev–Trinajstić information content (AvgIpc) is 2.45. The van der Waals surface area contributed by atoms with Gasteiger partial charge in [0, 0.05) is 11.8 Å². The van der Waals surface area contributed by atoms with Crippen molar-refractivity contribution < 1.29 is 4.79 Å². The molecule has 19 heavy (non-hydrogen) atoms. The standard InChI is InChI=1S/C14H14N4O/c15-6-10(7-16)4-12-2-1-3-13(14(12)19)5-11(8-17)9-18/h10-13H,1-5H2. The molecule has 0 aromatic rings. The predicted molar refractivity (Wildman–Crippen MR) is 64.5 cm³/mol. The highest BCUT2D eigenvalue weighted by Gasteiger charge is 2.34. The molecule has 1 fully saturated rings.